The zero-order valence-corrected chi connectivity index (χ0v) is 18.6. The Labute approximate surface area is 183 Å². The Hall–Kier alpha value is -3.54. The van der Waals surface area contributed by atoms with Gasteiger partial charge in [-0.3, -0.25) is 4.57 Å². The monoisotopic (exact) mass is 415 g/mol. The number of pyridine rings is 1. The molecule has 0 fully saturated rings. The summed E-state index contributed by atoms with van der Waals surface area (Å²) in [5.74, 6) is 0.868. The third kappa shape index (κ3) is 4.48. The van der Waals surface area contributed by atoms with E-state index in [1.165, 1.54) is 11.1 Å². The molecule has 6 nitrogen and oxygen atoms in total. The van der Waals surface area contributed by atoms with Crippen molar-refractivity contribution in [3.05, 3.63) is 72.2 Å². The molecule has 2 heterocycles. The van der Waals surface area contributed by atoms with Crippen molar-refractivity contribution in [1.29, 1.82) is 0 Å². The minimum absolute atomic E-state index is 0.633. The predicted molar refractivity (Wildman–Crippen MR) is 128 cm³/mol. The van der Waals surface area contributed by atoms with Crippen molar-refractivity contribution >= 4 is 22.5 Å². The fourth-order valence-electron chi connectivity index (χ4n) is 3.57. The number of fused-ring (bicyclic) bond motifs is 1. The molecule has 160 valence electrons. The molecule has 0 bridgehead atoms. The summed E-state index contributed by atoms with van der Waals surface area (Å²) in [5.41, 5.74) is 7.25. The van der Waals surface area contributed by atoms with Gasteiger partial charge in [0.1, 0.15) is 17.6 Å². The Morgan fingerprint density at radius 2 is 1.74 bits per heavy atom. The summed E-state index contributed by atoms with van der Waals surface area (Å²) in [6.07, 6.45) is 4.74. The second-order valence-corrected chi connectivity index (χ2v) is 7.68. The fourth-order valence-corrected chi connectivity index (χ4v) is 3.57. The van der Waals surface area contributed by atoms with E-state index in [1.54, 1.807) is 0 Å². The van der Waals surface area contributed by atoms with Crippen LogP contribution in [0.5, 0.6) is 5.75 Å². The van der Waals surface area contributed by atoms with Crippen molar-refractivity contribution < 1.29 is 4.74 Å². The van der Waals surface area contributed by atoms with Crippen LogP contribution in [-0.2, 0) is 13.0 Å². The van der Waals surface area contributed by atoms with Gasteiger partial charge in [0.2, 0.25) is 0 Å². The van der Waals surface area contributed by atoms with Gasteiger partial charge in [0.05, 0.1) is 29.9 Å². The smallest absolute Gasteiger partial charge is 0.164 e. The molecular formula is C25H29N5O. The first-order valence-corrected chi connectivity index (χ1v) is 10.7. The molecule has 0 atom stereocenters. The maximum Gasteiger partial charge on any atom is 0.164 e. The molecule has 0 spiro atoms. The van der Waals surface area contributed by atoms with Gasteiger partial charge in [-0.05, 0) is 48.7 Å². The molecule has 0 amide bonds. The molecule has 0 aliphatic carbocycles. The van der Waals surface area contributed by atoms with E-state index in [1.807, 2.05) is 56.3 Å². The van der Waals surface area contributed by atoms with Gasteiger partial charge in [-0.2, -0.15) is 0 Å². The van der Waals surface area contributed by atoms with Gasteiger partial charge in [-0.25, -0.2) is 9.97 Å². The van der Waals surface area contributed by atoms with E-state index < -0.39 is 0 Å². The maximum absolute atomic E-state index is 5.76. The highest BCUT2D eigenvalue weighted by Gasteiger charge is 2.12. The van der Waals surface area contributed by atoms with Gasteiger partial charge in [0.25, 0.3) is 0 Å². The summed E-state index contributed by atoms with van der Waals surface area (Å²) in [4.78, 5) is 11.3. The van der Waals surface area contributed by atoms with Crippen LogP contribution in [-0.4, -0.2) is 35.2 Å². The summed E-state index contributed by atoms with van der Waals surface area (Å²) in [6, 6.07) is 16.9. The number of imidazole rings is 1. The standard InChI is InChI=1S/C25H29N5O/c1-5-18-7-9-19(10-8-18)15-26-20-13-22-25(27-16-20)30(17-28-22)21-11-12-24(31-6-2)23(14-21)29(3)4/h7-14,16-17,26H,5-6,15H2,1-4H3. The Morgan fingerprint density at radius 3 is 2.45 bits per heavy atom. The normalized spacial score (nSPS) is 11.0. The number of rotatable bonds is 8. The Balaban J connectivity index is 1.56. The van der Waals surface area contributed by atoms with E-state index in [0.29, 0.717) is 6.61 Å². The molecule has 2 aromatic heterocycles. The summed E-state index contributed by atoms with van der Waals surface area (Å²) in [7, 11) is 4.03. The highest BCUT2D eigenvalue weighted by molar-refractivity contribution is 5.77. The minimum atomic E-state index is 0.633. The molecule has 0 radical (unpaired) electrons. The van der Waals surface area contributed by atoms with Crippen LogP contribution in [0.4, 0.5) is 11.4 Å². The first-order chi connectivity index (χ1) is 15.1. The van der Waals surface area contributed by atoms with Crippen molar-refractivity contribution in [2.45, 2.75) is 26.8 Å². The van der Waals surface area contributed by atoms with Crippen molar-refractivity contribution in [2.75, 3.05) is 30.9 Å². The van der Waals surface area contributed by atoms with E-state index in [2.05, 4.69) is 57.4 Å². The molecule has 4 rings (SSSR count). The molecule has 0 saturated heterocycles. The van der Waals surface area contributed by atoms with Gasteiger partial charge >= 0.3 is 0 Å². The number of aryl methyl sites for hydroxylation is 1. The highest BCUT2D eigenvalue weighted by atomic mass is 16.5. The van der Waals surface area contributed by atoms with Gasteiger partial charge < -0.3 is 15.0 Å². The zero-order chi connectivity index (χ0) is 21.8. The highest BCUT2D eigenvalue weighted by Crippen LogP contribution is 2.30. The maximum atomic E-state index is 5.76. The van der Waals surface area contributed by atoms with Crippen LogP contribution in [0, 0.1) is 0 Å². The van der Waals surface area contributed by atoms with Gasteiger partial charge in [0, 0.05) is 20.6 Å². The Kier molecular flexibility index (Phi) is 6.07. The van der Waals surface area contributed by atoms with E-state index in [9.17, 15) is 0 Å². The molecule has 6 heteroatoms. The van der Waals surface area contributed by atoms with Crippen LogP contribution in [0.15, 0.2) is 61.1 Å². The molecule has 0 aliphatic rings. The second-order valence-electron chi connectivity index (χ2n) is 7.68. The molecular weight excluding hydrogens is 386 g/mol. The number of aromatic nitrogens is 3. The van der Waals surface area contributed by atoms with Crippen LogP contribution in [0.25, 0.3) is 16.9 Å². The number of nitrogens with one attached hydrogen (secondary N) is 1. The Bertz CT molecular complexity index is 1160. The third-order valence-corrected chi connectivity index (χ3v) is 5.32. The summed E-state index contributed by atoms with van der Waals surface area (Å²) in [6.45, 7) is 5.55. The van der Waals surface area contributed by atoms with Crippen LogP contribution in [0.1, 0.15) is 25.0 Å². The Morgan fingerprint density at radius 1 is 0.968 bits per heavy atom. The van der Waals surface area contributed by atoms with E-state index in [0.717, 1.165) is 46.9 Å². The van der Waals surface area contributed by atoms with Crippen molar-refractivity contribution in [3.8, 4) is 11.4 Å². The lowest BCUT2D eigenvalue weighted by atomic mass is 10.1. The van der Waals surface area contributed by atoms with Crippen molar-refractivity contribution in [1.82, 2.24) is 14.5 Å². The van der Waals surface area contributed by atoms with Gasteiger partial charge in [-0.1, -0.05) is 31.2 Å². The number of hydrogen-bond donors (Lipinski definition) is 1. The number of anilines is 2. The van der Waals surface area contributed by atoms with E-state index >= 15 is 0 Å². The molecule has 1 N–H and O–H groups in total. The largest absolute Gasteiger partial charge is 0.492 e. The second kappa shape index (κ2) is 9.08. The molecule has 4 aromatic rings. The van der Waals surface area contributed by atoms with Crippen molar-refractivity contribution in [3.63, 3.8) is 0 Å². The zero-order valence-electron chi connectivity index (χ0n) is 18.6. The lowest BCUT2D eigenvalue weighted by molar-refractivity contribution is 0.341. The van der Waals surface area contributed by atoms with Crippen LogP contribution in [0.2, 0.25) is 0 Å². The summed E-state index contributed by atoms with van der Waals surface area (Å²) >= 11 is 0. The number of nitrogens with zero attached hydrogens (tertiary/aromatic N) is 4. The van der Waals surface area contributed by atoms with E-state index in [-0.39, 0.29) is 0 Å². The lowest BCUT2D eigenvalue weighted by Gasteiger charge is -2.19. The SMILES string of the molecule is CCOc1ccc(-n2cnc3cc(NCc4ccc(CC)cc4)cnc32)cc1N(C)C. The first-order valence-electron chi connectivity index (χ1n) is 10.7. The number of hydrogen-bond acceptors (Lipinski definition) is 5. The molecule has 0 aliphatic heterocycles. The third-order valence-electron chi connectivity index (χ3n) is 5.32. The average Bonchev–Trinajstić information content (AvgIpc) is 3.21. The minimum Gasteiger partial charge on any atom is -0.492 e. The topological polar surface area (TPSA) is 55.2 Å². The number of benzene rings is 2. The summed E-state index contributed by atoms with van der Waals surface area (Å²) in [5, 5.41) is 3.45. The summed E-state index contributed by atoms with van der Waals surface area (Å²) < 4.78 is 7.76. The number of ether oxygens (including phenoxy) is 1. The van der Waals surface area contributed by atoms with Gasteiger partial charge in [-0.15, -0.1) is 0 Å². The first kappa shape index (κ1) is 20.7. The quantitative estimate of drug-likeness (QED) is 0.436. The molecule has 0 unspecified atom stereocenters. The van der Waals surface area contributed by atoms with Crippen LogP contribution < -0.4 is 15.0 Å². The predicted octanol–water partition coefficient (Wildman–Crippen LogP) is 5.06. The van der Waals surface area contributed by atoms with Crippen LogP contribution >= 0.6 is 0 Å². The molecule has 0 saturated carbocycles. The van der Waals surface area contributed by atoms with E-state index in [4.69, 9.17) is 4.74 Å². The van der Waals surface area contributed by atoms with Gasteiger partial charge in [0.15, 0.2) is 5.65 Å². The molecule has 31 heavy (non-hydrogen) atoms. The molecule has 2 aromatic carbocycles. The lowest BCUT2D eigenvalue weighted by Crippen LogP contribution is -2.11. The fraction of sp³-hybridized carbons (Fsp3) is 0.280. The van der Waals surface area contributed by atoms with Crippen LogP contribution in [0.3, 0.4) is 0 Å². The van der Waals surface area contributed by atoms with Crippen molar-refractivity contribution in [2.24, 2.45) is 0 Å². The average molecular weight is 416 g/mol.